The number of nitrogens with zero attached hydrogens (tertiary/aromatic N) is 1. The lowest BCUT2D eigenvalue weighted by Crippen LogP contribution is -2.57. The van der Waals surface area contributed by atoms with Crippen molar-refractivity contribution in [3.05, 3.63) is 0 Å². The molecule has 6 heteroatoms. The number of carbonyl (C=O) groups is 2. The Balaban J connectivity index is 2.10. The predicted molar refractivity (Wildman–Crippen MR) is 52.2 cm³/mol. The summed E-state index contributed by atoms with van der Waals surface area (Å²) in [6.07, 6.45) is 1.90. The van der Waals surface area contributed by atoms with Crippen molar-refractivity contribution in [2.75, 3.05) is 13.7 Å². The molecule has 0 aromatic rings. The Hall–Kier alpha value is -1.59. The zero-order valence-electron chi connectivity index (χ0n) is 8.50. The minimum Gasteiger partial charge on any atom is -0.464 e. The summed E-state index contributed by atoms with van der Waals surface area (Å²) >= 11 is 0. The average Bonchev–Trinajstić information content (AvgIpc) is 2.67. The monoisotopic (exact) mass is 211 g/mol. The van der Waals surface area contributed by atoms with Crippen LogP contribution in [0.25, 0.3) is 0 Å². The fourth-order valence-electron chi connectivity index (χ4n) is 1.93. The van der Waals surface area contributed by atoms with Crippen molar-refractivity contribution < 1.29 is 14.3 Å². The first kappa shape index (κ1) is 9.95. The zero-order chi connectivity index (χ0) is 10.9. The van der Waals surface area contributed by atoms with Gasteiger partial charge in [0.2, 0.25) is 5.91 Å². The molecular weight excluding hydrogens is 198 g/mol. The van der Waals surface area contributed by atoms with Gasteiger partial charge in [-0.3, -0.25) is 10.2 Å². The Morgan fingerprint density at radius 3 is 3.07 bits per heavy atom. The number of esters is 1. The second-order valence-corrected chi connectivity index (χ2v) is 3.78. The van der Waals surface area contributed by atoms with E-state index in [0.717, 1.165) is 6.42 Å². The molecule has 1 spiro atoms. The molecule has 6 nitrogen and oxygen atoms in total. The van der Waals surface area contributed by atoms with Gasteiger partial charge in [-0.15, -0.1) is 0 Å². The normalized spacial score (nSPS) is 29.4. The number of piperidine rings is 1. The van der Waals surface area contributed by atoms with E-state index in [1.165, 1.54) is 7.11 Å². The lowest BCUT2D eigenvalue weighted by atomic mass is 9.86. The van der Waals surface area contributed by atoms with Crippen molar-refractivity contribution in [3.8, 4) is 0 Å². The Morgan fingerprint density at radius 2 is 2.40 bits per heavy atom. The standard InChI is InChI=1S/C9H13N3O3/c1-15-7(13)6-5-9(12-11-6)3-2-4-10-8(9)14/h12H,2-5H2,1H3,(H,10,14). The van der Waals surface area contributed by atoms with Crippen LogP contribution in [0.1, 0.15) is 19.3 Å². The summed E-state index contributed by atoms with van der Waals surface area (Å²) in [7, 11) is 1.30. The molecule has 0 aliphatic carbocycles. The molecular formula is C9H13N3O3. The highest BCUT2D eigenvalue weighted by Crippen LogP contribution is 2.26. The molecule has 1 unspecified atom stereocenters. The zero-order valence-corrected chi connectivity index (χ0v) is 8.50. The first-order chi connectivity index (χ1) is 7.18. The van der Waals surface area contributed by atoms with E-state index in [0.29, 0.717) is 19.4 Å². The quantitative estimate of drug-likeness (QED) is 0.554. The Morgan fingerprint density at radius 1 is 1.60 bits per heavy atom. The van der Waals surface area contributed by atoms with Gasteiger partial charge in [-0.05, 0) is 12.8 Å². The lowest BCUT2D eigenvalue weighted by molar-refractivity contribution is -0.132. The number of ether oxygens (including phenoxy) is 1. The van der Waals surface area contributed by atoms with E-state index < -0.39 is 11.5 Å². The van der Waals surface area contributed by atoms with Crippen LogP contribution in [0.3, 0.4) is 0 Å². The first-order valence-electron chi connectivity index (χ1n) is 4.88. The summed E-state index contributed by atoms with van der Waals surface area (Å²) in [5, 5.41) is 6.63. The van der Waals surface area contributed by atoms with Crippen LogP contribution in [0.15, 0.2) is 5.10 Å². The van der Waals surface area contributed by atoms with E-state index >= 15 is 0 Å². The van der Waals surface area contributed by atoms with Crippen LogP contribution in [0.2, 0.25) is 0 Å². The average molecular weight is 211 g/mol. The summed E-state index contributed by atoms with van der Waals surface area (Å²) in [5.41, 5.74) is 2.33. The highest BCUT2D eigenvalue weighted by Gasteiger charge is 2.46. The van der Waals surface area contributed by atoms with Gasteiger partial charge in [0.05, 0.1) is 7.11 Å². The van der Waals surface area contributed by atoms with Crippen molar-refractivity contribution in [1.82, 2.24) is 10.7 Å². The molecule has 1 atom stereocenters. The molecule has 1 saturated heterocycles. The van der Waals surface area contributed by atoms with Crippen molar-refractivity contribution in [1.29, 1.82) is 0 Å². The molecule has 0 aromatic carbocycles. The van der Waals surface area contributed by atoms with Gasteiger partial charge in [-0.1, -0.05) is 0 Å². The van der Waals surface area contributed by atoms with Crippen LogP contribution < -0.4 is 10.7 Å². The van der Waals surface area contributed by atoms with Crippen molar-refractivity contribution >= 4 is 17.6 Å². The molecule has 2 aliphatic rings. The van der Waals surface area contributed by atoms with Crippen LogP contribution >= 0.6 is 0 Å². The smallest absolute Gasteiger partial charge is 0.354 e. The molecule has 0 radical (unpaired) electrons. The third-order valence-electron chi connectivity index (χ3n) is 2.80. The predicted octanol–water partition coefficient (Wildman–Crippen LogP) is -0.843. The van der Waals surface area contributed by atoms with Gasteiger partial charge >= 0.3 is 5.97 Å². The number of methoxy groups -OCH3 is 1. The number of nitrogens with one attached hydrogen (secondary N) is 2. The van der Waals surface area contributed by atoms with Crippen LogP contribution in [0, 0.1) is 0 Å². The highest BCUT2D eigenvalue weighted by molar-refractivity contribution is 6.37. The molecule has 2 N–H and O–H groups in total. The van der Waals surface area contributed by atoms with Crippen molar-refractivity contribution in [2.24, 2.45) is 5.10 Å². The number of amides is 1. The molecule has 15 heavy (non-hydrogen) atoms. The largest absolute Gasteiger partial charge is 0.464 e. The molecule has 2 rings (SSSR count). The summed E-state index contributed by atoms with van der Waals surface area (Å²) in [5.74, 6) is -0.561. The SMILES string of the molecule is COC(=O)C1=NNC2(CCCNC2=O)C1. The van der Waals surface area contributed by atoms with Gasteiger partial charge in [-0.25, -0.2) is 4.79 Å². The molecule has 2 aliphatic heterocycles. The summed E-state index contributed by atoms with van der Waals surface area (Å²) < 4.78 is 4.56. The number of carbonyl (C=O) groups excluding carboxylic acids is 2. The molecule has 0 bridgehead atoms. The maximum Gasteiger partial charge on any atom is 0.354 e. The molecule has 0 aromatic heterocycles. The third-order valence-corrected chi connectivity index (χ3v) is 2.80. The third kappa shape index (κ3) is 1.55. The maximum absolute atomic E-state index is 11.7. The van der Waals surface area contributed by atoms with E-state index in [2.05, 4.69) is 20.6 Å². The fourth-order valence-corrected chi connectivity index (χ4v) is 1.93. The number of hydrazone groups is 1. The maximum atomic E-state index is 11.7. The fraction of sp³-hybridized carbons (Fsp3) is 0.667. The van der Waals surface area contributed by atoms with Crippen LogP contribution in [0.5, 0.6) is 0 Å². The minimum atomic E-state index is -0.720. The minimum absolute atomic E-state index is 0.0867. The summed E-state index contributed by atoms with van der Waals surface area (Å²) in [6, 6.07) is 0. The number of hydrogen-bond acceptors (Lipinski definition) is 5. The van der Waals surface area contributed by atoms with Crippen LogP contribution in [-0.2, 0) is 14.3 Å². The summed E-state index contributed by atoms with van der Waals surface area (Å²) in [4.78, 5) is 22.9. The molecule has 2 heterocycles. The van der Waals surface area contributed by atoms with Gasteiger partial charge < -0.3 is 10.1 Å². The van der Waals surface area contributed by atoms with Gasteiger partial charge in [-0.2, -0.15) is 5.10 Å². The molecule has 82 valence electrons. The van der Waals surface area contributed by atoms with Gasteiger partial charge in [0, 0.05) is 13.0 Å². The van der Waals surface area contributed by atoms with Crippen molar-refractivity contribution in [2.45, 2.75) is 24.8 Å². The Bertz CT molecular complexity index is 339. The van der Waals surface area contributed by atoms with Crippen molar-refractivity contribution in [3.63, 3.8) is 0 Å². The topological polar surface area (TPSA) is 79.8 Å². The second-order valence-electron chi connectivity index (χ2n) is 3.78. The molecule has 1 amide bonds. The van der Waals surface area contributed by atoms with Gasteiger partial charge in [0.25, 0.3) is 0 Å². The summed E-state index contributed by atoms with van der Waals surface area (Å²) in [6.45, 7) is 0.690. The lowest BCUT2D eigenvalue weighted by Gasteiger charge is -2.31. The van der Waals surface area contributed by atoms with E-state index in [9.17, 15) is 9.59 Å². The van der Waals surface area contributed by atoms with E-state index in [1.807, 2.05) is 0 Å². The van der Waals surface area contributed by atoms with Crippen LogP contribution in [-0.4, -0.2) is 36.8 Å². The first-order valence-corrected chi connectivity index (χ1v) is 4.88. The van der Waals surface area contributed by atoms with Crippen LogP contribution in [0.4, 0.5) is 0 Å². The van der Waals surface area contributed by atoms with Gasteiger partial charge in [0.1, 0.15) is 11.3 Å². The van der Waals surface area contributed by atoms with Gasteiger partial charge in [0.15, 0.2) is 0 Å². The Kier molecular flexibility index (Phi) is 2.34. The molecule has 0 saturated carbocycles. The Labute approximate surface area is 87.0 Å². The molecule has 1 fully saturated rings. The van der Waals surface area contributed by atoms with E-state index in [4.69, 9.17) is 0 Å². The van der Waals surface area contributed by atoms with E-state index in [1.54, 1.807) is 0 Å². The van der Waals surface area contributed by atoms with E-state index in [-0.39, 0.29) is 11.6 Å². The number of hydrogen-bond donors (Lipinski definition) is 2. The second kappa shape index (κ2) is 3.52. The number of rotatable bonds is 1. The highest BCUT2D eigenvalue weighted by atomic mass is 16.5.